The Kier molecular flexibility index (Phi) is 6.38. The van der Waals surface area contributed by atoms with Gasteiger partial charge in [-0.1, -0.05) is 6.92 Å². The lowest BCUT2D eigenvalue weighted by Gasteiger charge is -2.31. The summed E-state index contributed by atoms with van der Waals surface area (Å²) in [6, 6.07) is 4.80. The molecule has 1 atom stereocenters. The molecular formula is C20H24F2N4O2. The first-order valence-corrected chi connectivity index (χ1v) is 9.43. The van der Waals surface area contributed by atoms with Gasteiger partial charge in [-0.05, 0) is 37.0 Å². The normalized spacial score (nSPS) is 16.0. The Hall–Kier alpha value is -2.77. The van der Waals surface area contributed by atoms with Gasteiger partial charge in [0, 0.05) is 50.6 Å². The third-order valence-corrected chi connectivity index (χ3v) is 5.00. The molecule has 2 aromatic rings. The maximum atomic E-state index is 13.8. The van der Waals surface area contributed by atoms with Crippen molar-refractivity contribution >= 4 is 11.8 Å². The van der Waals surface area contributed by atoms with Gasteiger partial charge in [0.25, 0.3) is 5.91 Å². The van der Waals surface area contributed by atoms with Crippen LogP contribution in [0.4, 0.5) is 8.78 Å². The molecule has 0 aliphatic carbocycles. The van der Waals surface area contributed by atoms with Crippen LogP contribution in [-0.4, -0.2) is 46.1 Å². The average molecular weight is 390 g/mol. The van der Waals surface area contributed by atoms with Gasteiger partial charge < -0.3 is 10.2 Å². The highest BCUT2D eigenvalue weighted by atomic mass is 19.1. The molecule has 0 radical (unpaired) electrons. The number of hydrogen-bond donors (Lipinski definition) is 1. The second-order valence-electron chi connectivity index (χ2n) is 7.27. The Morgan fingerprint density at radius 3 is 2.68 bits per heavy atom. The summed E-state index contributed by atoms with van der Waals surface area (Å²) < 4.78 is 28.7. The zero-order chi connectivity index (χ0) is 20.1. The number of halogens is 2. The van der Waals surface area contributed by atoms with Gasteiger partial charge in [0.15, 0.2) is 0 Å². The van der Waals surface area contributed by atoms with Crippen molar-refractivity contribution in [1.82, 2.24) is 20.0 Å². The number of likely N-dealkylation sites (tertiary alicyclic amines) is 1. The van der Waals surface area contributed by atoms with Gasteiger partial charge in [0.05, 0.1) is 5.56 Å². The van der Waals surface area contributed by atoms with E-state index in [1.54, 1.807) is 6.20 Å². The van der Waals surface area contributed by atoms with Crippen molar-refractivity contribution in [3.8, 4) is 0 Å². The highest BCUT2D eigenvalue weighted by Gasteiger charge is 2.29. The van der Waals surface area contributed by atoms with Crippen LogP contribution in [-0.2, 0) is 11.3 Å². The van der Waals surface area contributed by atoms with E-state index in [9.17, 15) is 18.4 Å². The van der Waals surface area contributed by atoms with Crippen LogP contribution >= 0.6 is 0 Å². The van der Waals surface area contributed by atoms with Gasteiger partial charge in [0.2, 0.25) is 5.91 Å². The van der Waals surface area contributed by atoms with Crippen LogP contribution in [0.15, 0.2) is 36.7 Å². The summed E-state index contributed by atoms with van der Waals surface area (Å²) in [7, 11) is 0. The molecule has 1 aromatic carbocycles. The van der Waals surface area contributed by atoms with Gasteiger partial charge in [0.1, 0.15) is 11.6 Å². The summed E-state index contributed by atoms with van der Waals surface area (Å²) in [4.78, 5) is 26.3. The fraction of sp³-hybridized carbons (Fsp3) is 0.450. The third-order valence-electron chi connectivity index (χ3n) is 5.00. The lowest BCUT2D eigenvalue weighted by molar-refractivity contribution is -0.126. The molecule has 0 saturated carbocycles. The first-order chi connectivity index (χ1) is 13.4. The van der Waals surface area contributed by atoms with E-state index < -0.39 is 17.5 Å². The smallest absolute Gasteiger partial charge is 0.256 e. The molecule has 28 heavy (non-hydrogen) atoms. The molecular weight excluding hydrogens is 366 g/mol. The van der Waals surface area contributed by atoms with Crippen LogP contribution in [0.2, 0.25) is 0 Å². The quantitative estimate of drug-likeness (QED) is 0.824. The van der Waals surface area contributed by atoms with Gasteiger partial charge in [-0.3, -0.25) is 14.3 Å². The molecule has 0 unspecified atom stereocenters. The molecule has 1 fully saturated rings. The summed E-state index contributed by atoms with van der Waals surface area (Å²) in [5.41, 5.74) is -0.142. The fourth-order valence-electron chi connectivity index (χ4n) is 3.39. The maximum Gasteiger partial charge on any atom is 0.256 e. The topological polar surface area (TPSA) is 67.2 Å². The van der Waals surface area contributed by atoms with E-state index in [1.807, 2.05) is 23.9 Å². The first kappa shape index (κ1) is 20.0. The summed E-state index contributed by atoms with van der Waals surface area (Å²) in [6.45, 7) is 4.07. The predicted octanol–water partition coefficient (Wildman–Crippen LogP) is 2.47. The number of rotatable bonds is 6. The molecule has 1 N–H and O–H groups in total. The van der Waals surface area contributed by atoms with Crippen LogP contribution in [0.1, 0.15) is 30.1 Å². The van der Waals surface area contributed by atoms with Crippen LogP contribution in [0.25, 0.3) is 0 Å². The molecule has 1 saturated heterocycles. The third kappa shape index (κ3) is 4.94. The minimum absolute atomic E-state index is 0.0209. The van der Waals surface area contributed by atoms with Crippen molar-refractivity contribution in [2.45, 2.75) is 26.3 Å². The molecule has 2 heterocycles. The fourth-order valence-corrected chi connectivity index (χ4v) is 3.39. The summed E-state index contributed by atoms with van der Waals surface area (Å²) in [6.07, 6.45) is 4.65. The van der Waals surface area contributed by atoms with E-state index >= 15 is 0 Å². The molecule has 8 heteroatoms. The van der Waals surface area contributed by atoms with Gasteiger partial charge in [-0.25, -0.2) is 8.78 Å². The number of piperidine rings is 1. The predicted molar refractivity (Wildman–Crippen MR) is 99.4 cm³/mol. The average Bonchev–Trinajstić information content (AvgIpc) is 3.19. The number of nitrogens with one attached hydrogen (secondary N) is 1. The van der Waals surface area contributed by atoms with Crippen molar-refractivity contribution < 1.29 is 18.4 Å². The second kappa shape index (κ2) is 8.95. The molecule has 0 spiro atoms. The van der Waals surface area contributed by atoms with E-state index in [0.29, 0.717) is 38.5 Å². The van der Waals surface area contributed by atoms with Crippen LogP contribution < -0.4 is 5.32 Å². The van der Waals surface area contributed by atoms with E-state index in [1.165, 1.54) is 4.90 Å². The molecule has 3 rings (SSSR count). The first-order valence-electron chi connectivity index (χ1n) is 9.43. The summed E-state index contributed by atoms with van der Waals surface area (Å²) >= 11 is 0. The van der Waals surface area contributed by atoms with Crippen LogP contribution in [0.3, 0.4) is 0 Å². The van der Waals surface area contributed by atoms with Crippen molar-refractivity contribution in [3.63, 3.8) is 0 Å². The summed E-state index contributed by atoms with van der Waals surface area (Å²) in [5, 5.41) is 7.12. The molecule has 1 aliphatic rings. The van der Waals surface area contributed by atoms with Crippen LogP contribution in [0.5, 0.6) is 0 Å². The molecule has 1 aromatic heterocycles. The Morgan fingerprint density at radius 1 is 1.29 bits per heavy atom. The van der Waals surface area contributed by atoms with Crippen molar-refractivity contribution in [1.29, 1.82) is 0 Å². The summed E-state index contributed by atoms with van der Waals surface area (Å²) in [5.74, 6) is -2.00. The number of benzene rings is 1. The van der Waals surface area contributed by atoms with E-state index in [4.69, 9.17) is 0 Å². The largest absolute Gasteiger partial charge is 0.356 e. The zero-order valence-electron chi connectivity index (χ0n) is 15.8. The molecule has 150 valence electrons. The van der Waals surface area contributed by atoms with Gasteiger partial charge >= 0.3 is 0 Å². The monoisotopic (exact) mass is 390 g/mol. The number of hydrogen-bond acceptors (Lipinski definition) is 3. The minimum Gasteiger partial charge on any atom is -0.356 e. The van der Waals surface area contributed by atoms with Crippen LogP contribution in [0, 0.1) is 23.5 Å². The van der Waals surface area contributed by atoms with E-state index in [2.05, 4.69) is 10.4 Å². The maximum absolute atomic E-state index is 13.8. The Balaban J connectivity index is 1.45. The van der Waals surface area contributed by atoms with E-state index in [0.717, 1.165) is 18.7 Å². The zero-order valence-corrected chi connectivity index (χ0v) is 15.8. The second-order valence-corrected chi connectivity index (χ2v) is 7.27. The number of aromatic nitrogens is 2. The lowest BCUT2D eigenvalue weighted by Crippen LogP contribution is -2.44. The van der Waals surface area contributed by atoms with Crippen molar-refractivity contribution in [3.05, 3.63) is 53.9 Å². The minimum atomic E-state index is -0.865. The number of carbonyl (C=O) groups excluding carboxylic acids is 2. The highest BCUT2D eigenvalue weighted by Crippen LogP contribution is 2.21. The van der Waals surface area contributed by atoms with Crippen molar-refractivity contribution in [2.24, 2.45) is 11.8 Å². The Morgan fingerprint density at radius 2 is 2.04 bits per heavy atom. The van der Waals surface area contributed by atoms with Crippen molar-refractivity contribution in [2.75, 3.05) is 19.6 Å². The van der Waals surface area contributed by atoms with E-state index in [-0.39, 0.29) is 23.3 Å². The standard InChI is InChI=1S/C20H24F2N4O2/c1-14(13-26-8-2-7-24-26)12-23-19(27)15-5-9-25(10-6-15)20(28)17-4-3-16(21)11-18(17)22/h2-4,7-8,11,14-15H,5-6,9-10,12-13H2,1H3,(H,23,27)/t14-/m1/s1. The van der Waals surface area contributed by atoms with Gasteiger partial charge in [-0.15, -0.1) is 0 Å². The number of nitrogens with zero attached hydrogens (tertiary/aromatic N) is 3. The molecule has 0 bridgehead atoms. The Bertz CT molecular complexity index is 818. The molecule has 1 aliphatic heterocycles. The molecule has 6 nitrogen and oxygen atoms in total. The highest BCUT2D eigenvalue weighted by molar-refractivity contribution is 5.94. The lowest BCUT2D eigenvalue weighted by atomic mass is 9.95. The Labute approximate surface area is 162 Å². The molecule has 2 amide bonds. The number of amides is 2. The van der Waals surface area contributed by atoms with Gasteiger partial charge in [-0.2, -0.15) is 5.10 Å². The SMILES string of the molecule is C[C@H](CNC(=O)C1CCN(C(=O)c2ccc(F)cc2F)CC1)Cn1cccn1. The number of carbonyl (C=O) groups is 2.